The Balaban J connectivity index is 2.52. The van der Waals surface area contributed by atoms with E-state index < -0.39 is 12.0 Å². The van der Waals surface area contributed by atoms with Crippen LogP contribution in [0.4, 0.5) is 0 Å². The normalized spacial score (nSPS) is 25.6. The predicted molar refractivity (Wildman–Crippen MR) is 63.2 cm³/mol. The molecule has 5 heteroatoms. The molecule has 1 rings (SSSR count). The molecule has 3 unspecified atom stereocenters. The minimum absolute atomic E-state index is 0.0155. The number of amides is 1. The number of carbonyl (C=O) groups is 2. The number of rotatable bonds is 4. The molecule has 0 aliphatic carbocycles. The van der Waals surface area contributed by atoms with Crippen LogP contribution in [0.2, 0.25) is 0 Å². The molecule has 0 saturated carbocycles. The summed E-state index contributed by atoms with van der Waals surface area (Å²) in [5.74, 6) is 0.846. The first kappa shape index (κ1) is 13.5. The van der Waals surface area contributed by atoms with Gasteiger partial charge >= 0.3 is 5.97 Å². The number of carbonyl (C=O) groups excluding carboxylic acids is 1. The third kappa shape index (κ3) is 4.08. The lowest BCUT2D eigenvalue weighted by atomic mass is 9.92. The van der Waals surface area contributed by atoms with Gasteiger partial charge in [-0.3, -0.25) is 4.79 Å². The maximum Gasteiger partial charge on any atom is 0.327 e. The van der Waals surface area contributed by atoms with Crippen LogP contribution in [0.3, 0.4) is 0 Å². The SMILES string of the molecule is C#CCC(NC(=O)C1CCNC(C)C1)C(=O)O. The highest BCUT2D eigenvalue weighted by atomic mass is 16.4. The third-order valence-corrected chi connectivity index (χ3v) is 2.93. The van der Waals surface area contributed by atoms with Crippen LogP contribution in [0.5, 0.6) is 0 Å². The van der Waals surface area contributed by atoms with Crippen LogP contribution in [0.25, 0.3) is 0 Å². The number of carboxylic acid groups (broad SMARTS) is 1. The first-order chi connectivity index (χ1) is 8.04. The van der Waals surface area contributed by atoms with E-state index in [4.69, 9.17) is 11.5 Å². The molecule has 0 radical (unpaired) electrons. The minimum Gasteiger partial charge on any atom is -0.480 e. The summed E-state index contributed by atoms with van der Waals surface area (Å²) in [5.41, 5.74) is 0. The lowest BCUT2D eigenvalue weighted by molar-refractivity contribution is -0.142. The number of hydrogen-bond donors (Lipinski definition) is 3. The van der Waals surface area contributed by atoms with Gasteiger partial charge in [-0.25, -0.2) is 4.79 Å². The van der Waals surface area contributed by atoms with Crippen molar-refractivity contribution >= 4 is 11.9 Å². The molecule has 1 heterocycles. The predicted octanol–water partition coefficient (Wildman–Crippen LogP) is -0.0328. The fourth-order valence-corrected chi connectivity index (χ4v) is 1.98. The van der Waals surface area contributed by atoms with Crippen LogP contribution in [-0.2, 0) is 9.59 Å². The number of carboxylic acids is 1. The Kier molecular flexibility index (Phi) is 4.98. The molecule has 0 bridgehead atoms. The lowest BCUT2D eigenvalue weighted by Gasteiger charge is -2.27. The summed E-state index contributed by atoms with van der Waals surface area (Å²) < 4.78 is 0. The van der Waals surface area contributed by atoms with Crippen molar-refractivity contribution in [2.45, 2.75) is 38.3 Å². The summed E-state index contributed by atoms with van der Waals surface area (Å²) in [6.45, 7) is 2.79. The summed E-state index contributed by atoms with van der Waals surface area (Å²) in [5, 5.41) is 14.6. The third-order valence-electron chi connectivity index (χ3n) is 2.93. The van der Waals surface area contributed by atoms with Crippen LogP contribution in [0.15, 0.2) is 0 Å². The van der Waals surface area contributed by atoms with Gasteiger partial charge in [-0.15, -0.1) is 12.3 Å². The van der Waals surface area contributed by atoms with Crippen molar-refractivity contribution in [3.8, 4) is 12.3 Å². The van der Waals surface area contributed by atoms with Gasteiger partial charge in [0.25, 0.3) is 0 Å². The van der Waals surface area contributed by atoms with E-state index in [2.05, 4.69) is 16.6 Å². The summed E-state index contributed by atoms with van der Waals surface area (Å²) in [6.07, 6.45) is 6.55. The van der Waals surface area contributed by atoms with Gasteiger partial charge in [-0.2, -0.15) is 0 Å². The van der Waals surface area contributed by atoms with Gasteiger partial charge in [0.1, 0.15) is 6.04 Å². The molecule has 0 spiro atoms. The topological polar surface area (TPSA) is 78.4 Å². The summed E-state index contributed by atoms with van der Waals surface area (Å²) >= 11 is 0. The first-order valence-corrected chi connectivity index (χ1v) is 5.74. The van der Waals surface area contributed by atoms with Crippen molar-refractivity contribution in [3.63, 3.8) is 0 Å². The molecule has 94 valence electrons. The fraction of sp³-hybridized carbons (Fsp3) is 0.667. The Morgan fingerprint density at radius 2 is 2.35 bits per heavy atom. The maximum absolute atomic E-state index is 11.9. The van der Waals surface area contributed by atoms with Crippen LogP contribution < -0.4 is 10.6 Å². The van der Waals surface area contributed by atoms with Crippen molar-refractivity contribution in [3.05, 3.63) is 0 Å². The zero-order chi connectivity index (χ0) is 12.8. The molecule has 1 aliphatic heterocycles. The number of aliphatic carboxylic acids is 1. The van der Waals surface area contributed by atoms with Crippen molar-refractivity contribution in [1.82, 2.24) is 10.6 Å². The molecular formula is C12H18N2O3. The number of hydrogen-bond acceptors (Lipinski definition) is 3. The molecule has 0 aromatic rings. The van der Waals surface area contributed by atoms with Gasteiger partial charge in [0.05, 0.1) is 0 Å². The standard InChI is InChI=1S/C12H18N2O3/c1-3-4-10(12(16)17)14-11(15)9-5-6-13-8(2)7-9/h1,8-10,13H,4-7H2,2H3,(H,14,15)(H,16,17). The zero-order valence-corrected chi connectivity index (χ0v) is 9.90. The highest BCUT2D eigenvalue weighted by molar-refractivity contribution is 5.85. The van der Waals surface area contributed by atoms with E-state index in [1.165, 1.54) is 0 Å². The first-order valence-electron chi connectivity index (χ1n) is 5.74. The monoisotopic (exact) mass is 238 g/mol. The minimum atomic E-state index is -1.08. The largest absolute Gasteiger partial charge is 0.480 e. The Labute approximate surface area is 101 Å². The lowest BCUT2D eigenvalue weighted by Crippen LogP contribution is -2.47. The highest BCUT2D eigenvalue weighted by Crippen LogP contribution is 2.16. The molecule has 3 atom stereocenters. The second kappa shape index (κ2) is 6.26. The highest BCUT2D eigenvalue weighted by Gasteiger charge is 2.27. The Hall–Kier alpha value is -1.54. The summed E-state index contributed by atoms with van der Waals surface area (Å²) in [7, 11) is 0. The smallest absolute Gasteiger partial charge is 0.327 e. The second-order valence-corrected chi connectivity index (χ2v) is 4.38. The maximum atomic E-state index is 11.9. The van der Waals surface area contributed by atoms with E-state index in [-0.39, 0.29) is 24.3 Å². The van der Waals surface area contributed by atoms with Crippen LogP contribution in [0, 0.1) is 18.3 Å². The van der Waals surface area contributed by atoms with Gasteiger partial charge in [0, 0.05) is 18.4 Å². The molecule has 0 aromatic carbocycles. The number of nitrogens with one attached hydrogen (secondary N) is 2. The Morgan fingerprint density at radius 1 is 1.65 bits per heavy atom. The summed E-state index contributed by atoms with van der Waals surface area (Å²) in [6, 6.07) is -0.687. The number of piperidine rings is 1. The van der Waals surface area contributed by atoms with Crippen LogP contribution >= 0.6 is 0 Å². The van der Waals surface area contributed by atoms with E-state index in [0.29, 0.717) is 0 Å². The fourth-order valence-electron chi connectivity index (χ4n) is 1.98. The van der Waals surface area contributed by atoms with Crippen molar-refractivity contribution in [2.75, 3.05) is 6.54 Å². The van der Waals surface area contributed by atoms with E-state index in [0.717, 1.165) is 19.4 Å². The zero-order valence-electron chi connectivity index (χ0n) is 9.90. The van der Waals surface area contributed by atoms with Gasteiger partial charge in [0.15, 0.2) is 0 Å². The van der Waals surface area contributed by atoms with Gasteiger partial charge < -0.3 is 15.7 Å². The van der Waals surface area contributed by atoms with E-state index in [1.54, 1.807) is 0 Å². The van der Waals surface area contributed by atoms with Crippen LogP contribution in [-0.4, -0.2) is 35.6 Å². The van der Waals surface area contributed by atoms with Gasteiger partial charge in [0.2, 0.25) is 5.91 Å². The van der Waals surface area contributed by atoms with Gasteiger partial charge in [-0.1, -0.05) is 0 Å². The average Bonchev–Trinajstić information content (AvgIpc) is 2.28. The summed E-state index contributed by atoms with van der Waals surface area (Å²) in [4.78, 5) is 22.7. The molecule has 1 amide bonds. The van der Waals surface area contributed by atoms with Crippen LogP contribution in [0.1, 0.15) is 26.2 Å². The molecule has 17 heavy (non-hydrogen) atoms. The van der Waals surface area contributed by atoms with Crippen molar-refractivity contribution in [2.24, 2.45) is 5.92 Å². The molecule has 1 saturated heterocycles. The second-order valence-electron chi connectivity index (χ2n) is 4.38. The quantitative estimate of drug-likeness (QED) is 0.601. The van der Waals surface area contributed by atoms with E-state index in [9.17, 15) is 9.59 Å². The molecular weight excluding hydrogens is 220 g/mol. The molecule has 3 N–H and O–H groups in total. The van der Waals surface area contributed by atoms with Gasteiger partial charge in [-0.05, 0) is 26.3 Å². The van der Waals surface area contributed by atoms with E-state index >= 15 is 0 Å². The average molecular weight is 238 g/mol. The Bertz CT molecular complexity index is 335. The molecule has 1 fully saturated rings. The molecule has 0 aromatic heterocycles. The number of terminal acetylenes is 1. The van der Waals surface area contributed by atoms with Crippen molar-refractivity contribution < 1.29 is 14.7 Å². The molecule has 5 nitrogen and oxygen atoms in total. The molecule has 1 aliphatic rings. The van der Waals surface area contributed by atoms with E-state index in [1.807, 2.05) is 6.92 Å². The van der Waals surface area contributed by atoms with Crippen molar-refractivity contribution in [1.29, 1.82) is 0 Å². The Morgan fingerprint density at radius 3 is 2.88 bits per heavy atom.